The third kappa shape index (κ3) is 2.41. The molecule has 1 N–H and O–H groups in total. The van der Waals surface area contributed by atoms with Gasteiger partial charge in [-0.3, -0.25) is 0 Å². The molecule has 0 aliphatic carbocycles. The van der Waals surface area contributed by atoms with Crippen LogP contribution >= 0.6 is 11.6 Å². The molecule has 68 valence electrons. The molecule has 13 heavy (non-hydrogen) atoms. The molecule has 0 saturated heterocycles. The predicted molar refractivity (Wildman–Crippen MR) is 46.6 cm³/mol. The maximum absolute atomic E-state index is 13.0. The van der Waals surface area contributed by atoms with Crippen molar-refractivity contribution in [1.29, 1.82) is 5.26 Å². The Morgan fingerprint density at radius 3 is 2.92 bits per heavy atom. The van der Waals surface area contributed by atoms with Crippen molar-refractivity contribution >= 4 is 11.6 Å². The van der Waals surface area contributed by atoms with Crippen LogP contribution in [0.3, 0.4) is 0 Å². The molecule has 1 aromatic carbocycles. The van der Waals surface area contributed by atoms with Crippen molar-refractivity contribution in [1.82, 2.24) is 0 Å². The number of aliphatic hydroxyl groups excluding tert-OH is 1. The van der Waals surface area contributed by atoms with Crippen molar-refractivity contribution in [2.75, 3.05) is 0 Å². The quantitative estimate of drug-likeness (QED) is 0.795. The number of halogens is 2. The summed E-state index contributed by atoms with van der Waals surface area (Å²) in [6.07, 6.45) is -1.25. The van der Waals surface area contributed by atoms with Gasteiger partial charge in [0.2, 0.25) is 0 Å². The molecule has 0 radical (unpaired) electrons. The first-order valence-corrected chi connectivity index (χ1v) is 4.03. The average Bonchev–Trinajstić information content (AvgIpc) is 2.09. The van der Waals surface area contributed by atoms with Crippen molar-refractivity contribution in [3.63, 3.8) is 0 Å². The van der Waals surface area contributed by atoms with Gasteiger partial charge in [0.05, 0.1) is 18.6 Å². The van der Waals surface area contributed by atoms with Gasteiger partial charge in [-0.2, -0.15) is 5.26 Å². The van der Waals surface area contributed by atoms with Gasteiger partial charge < -0.3 is 5.11 Å². The molecule has 2 nitrogen and oxygen atoms in total. The van der Waals surface area contributed by atoms with E-state index in [0.717, 1.165) is 6.07 Å². The maximum atomic E-state index is 13.0. The van der Waals surface area contributed by atoms with Crippen molar-refractivity contribution in [3.8, 4) is 6.07 Å². The molecule has 0 aliphatic heterocycles. The summed E-state index contributed by atoms with van der Waals surface area (Å²) in [7, 11) is 0. The summed E-state index contributed by atoms with van der Waals surface area (Å²) in [5, 5.41) is 17.9. The summed E-state index contributed by atoms with van der Waals surface area (Å²) in [5.41, 5.74) is 0.0639. The molecule has 0 amide bonds. The highest BCUT2D eigenvalue weighted by Gasteiger charge is 2.12. The number of benzene rings is 1. The predicted octanol–water partition coefficient (Wildman–Crippen LogP) is 2.43. The van der Waals surface area contributed by atoms with E-state index in [9.17, 15) is 9.50 Å². The second-order valence-electron chi connectivity index (χ2n) is 2.54. The fourth-order valence-electron chi connectivity index (χ4n) is 0.966. The lowest BCUT2D eigenvalue weighted by molar-refractivity contribution is 0.178. The molecule has 0 heterocycles. The van der Waals surface area contributed by atoms with Gasteiger partial charge >= 0.3 is 0 Å². The number of rotatable bonds is 2. The first kappa shape index (κ1) is 9.97. The Kier molecular flexibility index (Phi) is 3.24. The second kappa shape index (κ2) is 4.22. The molecule has 0 bridgehead atoms. The minimum absolute atomic E-state index is 0.0639. The third-order valence-corrected chi connectivity index (χ3v) is 1.84. The van der Waals surface area contributed by atoms with Gasteiger partial charge in [-0.15, -0.1) is 0 Å². The molecule has 1 unspecified atom stereocenters. The molecule has 0 aromatic heterocycles. The lowest BCUT2D eigenvalue weighted by Gasteiger charge is -2.07. The smallest absolute Gasteiger partial charge is 0.129 e. The minimum Gasteiger partial charge on any atom is -0.387 e. The summed E-state index contributed by atoms with van der Waals surface area (Å²) in [5.74, 6) is -0.549. The Morgan fingerprint density at radius 1 is 1.62 bits per heavy atom. The van der Waals surface area contributed by atoms with Gasteiger partial charge in [-0.1, -0.05) is 11.6 Å². The summed E-state index contributed by atoms with van der Waals surface area (Å²) >= 11 is 5.60. The summed E-state index contributed by atoms with van der Waals surface area (Å²) in [6, 6.07) is 5.62. The maximum Gasteiger partial charge on any atom is 0.129 e. The van der Waals surface area contributed by atoms with Gasteiger partial charge in [0.1, 0.15) is 5.82 Å². The Balaban J connectivity index is 3.00. The van der Waals surface area contributed by atoms with Crippen LogP contribution in [0.5, 0.6) is 0 Å². The highest BCUT2D eigenvalue weighted by atomic mass is 35.5. The summed E-state index contributed by atoms with van der Waals surface area (Å²) in [6.45, 7) is 0. The summed E-state index contributed by atoms with van der Waals surface area (Å²) < 4.78 is 13.0. The second-order valence-corrected chi connectivity index (χ2v) is 2.98. The molecule has 0 aliphatic rings. The van der Waals surface area contributed by atoms with E-state index in [4.69, 9.17) is 16.9 Å². The number of nitriles is 1. The molecule has 1 atom stereocenters. The third-order valence-electron chi connectivity index (χ3n) is 1.60. The molecule has 0 saturated carbocycles. The first-order valence-electron chi connectivity index (χ1n) is 3.65. The summed E-state index contributed by atoms with van der Waals surface area (Å²) in [4.78, 5) is 0. The monoisotopic (exact) mass is 199 g/mol. The zero-order valence-electron chi connectivity index (χ0n) is 6.67. The topological polar surface area (TPSA) is 44.0 Å². The van der Waals surface area contributed by atoms with Crippen LogP contribution < -0.4 is 0 Å². The van der Waals surface area contributed by atoms with E-state index in [-0.39, 0.29) is 12.0 Å². The molecule has 0 spiro atoms. The largest absolute Gasteiger partial charge is 0.387 e. The molecule has 0 fully saturated rings. The zero-order valence-corrected chi connectivity index (χ0v) is 7.42. The van der Waals surface area contributed by atoms with Crippen LogP contribution in [0.15, 0.2) is 18.2 Å². The van der Waals surface area contributed by atoms with E-state index in [2.05, 4.69) is 0 Å². The molecular formula is C9H7ClFNO. The van der Waals surface area contributed by atoms with E-state index < -0.39 is 11.9 Å². The van der Waals surface area contributed by atoms with Crippen LogP contribution in [0, 0.1) is 17.1 Å². The van der Waals surface area contributed by atoms with Crippen molar-refractivity contribution in [3.05, 3.63) is 34.6 Å². The van der Waals surface area contributed by atoms with Crippen LogP contribution in [0.25, 0.3) is 0 Å². The van der Waals surface area contributed by atoms with Crippen molar-refractivity contribution in [2.24, 2.45) is 0 Å². The van der Waals surface area contributed by atoms with E-state index in [1.54, 1.807) is 6.07 Å². The van der Waals surface area contributed by atoms with E-state index in [1.807, 2.05) is 0 Å². The van der Waals surface area contributed by atoms with Gasteiger partial charge in [-0.05, 0) is 18.2 Å². The Labute approximate surface area is 80.2 Å². The lowest BCUT2D eigenvalue weighted by atomic mass is 10.1. The van der Waals surface area contributed by atoms with E-state index in [0.29, 0.717) is 5.02 Å². The number of hydrogen-bond acceptors (Lipinski definition) is 2. The fraction of sp³-hybridized carbons (Fsp3) is 0.222. The van der Waals surface area contributed by atoms with Crippen LogP contribution in [0.1, 0.15) is 18.1 Å². The van der Waals surface area contributed by atoms with Crippen LogP contribution in [0.4, 0.5) is 4.39 Å². The standard InChI is InChI=1S/C9H7ClFNO/c10-6-1-2-8(11)7(5-6)9(13)3-4-12/h1-2,5,9,13H,3H2. The van der Waals surface area contributed by atoms with Gasteiger partial charge in [-0.25, -0.2) is 4.39 Å². The van der Waals surface area contributed by atoms with Crippen molar-refractivity contribution in [2.45, 2.75) is 12.5 Å². The van der Waals surface area contributed by atoms with Crippen LogP contribution in [-0.4, -0.2) is 5.11 Å². The highest BCUT2D eigenvalue weighted by molar-refractivity contribution is 6.30. The van der Waals surface area contributed by atoms with Gasteiger partial charge in [0.25, 0.3) is 0 Å². The molecule has 1 aromatic rings. The van der Waals surface area contributed by atoms with Crippen LogP contribution in [-0.2, 0) is 0 Å². The normalized spacial score (nSPS) is 12.2. The Morgan fingerprint density at radius 2 is 2.31 bits per heavy atom. The molecule has 4 heteroatoms. The SMILES string of the molecule is N#CCC(O)c1cc(Cl)ccc1F. The Bertz CT molecular complexity index is 348. The fourth-order valence-corrected chi connectivity index (χ4v) is 1.15. The highest BCUT2D eigenvalue weighted by Crippen LogP contribution is 2.22. The van der Waals surface area contributed by atoms with Gasteiger partial charge in [0, 0.05) is 10.6 Å². The van der Waals surface area contributed by atoms with Crippen molar-refractivity contribution < 1.29 is 9.50 Å². The molecule has 1 rings (SSSR count). The van der Waals surface area contributed by atoms with Crippen LogP contribution in [0.2, 0.25) is 5.02 Å². The average molecular weight is 200 g/mol. The lowest BCUT2D eigenvalue weighted by Crippen LogP contribution is -1.99. The number of aliphatic hydroxyl groups is 1. The number of nitrogens with zero attached hydrogens (tertiary/aromatic N) is 1. The minimum atomic E-state index is -1.11. The van der Waals surface area contributed by atoms with E-state index >= 15 is 0 Å². The number of hydrogen-bond donors (Lipinski definition) is 1. The van der Waals surface area contributed by atoms with E-state index in [1.165, 1.54) is 12.1 Å². The zero-order chi connectivity index (χ0) is 9.84. The van der Waals surface area contributed by atoms with Gasteiger partial charge in [0.15, 0.2) is 0 Å². The first-order chi connectivity index (χ1) is 6.15. The molecular weight excluding hydrogens is 193 g/mol. The Hall–Kier alpha value is -1.11.